The lowest BCUT2D eigenvalue weighted by Crippen LogP contribution is -2.61. The third kappa shape index (κ3) is 9.07. The van der Waals surface area contributed by atoms with Crippen LogP contribution in [-0.4, -0.2) is 84.9 Å². The molecule has 3 N–H and O–H groups in total. The summed E-state index contributed by atoms with van der Waals surface area (Å²) in [5.41, 5.74) is 3.61. The predicted octanol–water partition coefficient (Wildman–Crippen LogP) is 2.82. The molecule has 1 aliphatic carbocycles. The first-order valence-electron chi connectivity index (χ1n) is 15.7. The number of aliphatic hydroxyl groups excluding tert-OH is 1. The number of pyridine rings is 1. The van der Waals surface area contributed by atoms with Gasteiger partial charge in [-0.15, -0.1) is 0 Å². The topological polar surface area (TPSA) is 115 Å². The molecule has 1 fully saturated rings. The average Bonchev–Trinajstić information content (AvgIpc) is 3.32. The number of benzene rings is 2. The molecule has 5 rings (SSSR count). The number of aliphatic hydroxyl groups is 1. The van der Waals surface area contributed by atoms with Gasteiger partial charge in [-0.05, 0) is 55.5 Å². The van der Waals surface area contributed by atoms with E-state index in [4.69, 9.17) is 0 Å². The van der Waals surface area contributed by atoms with E-state index in [1.54, 1.807) is 6.20 Å². The minimum atomic E-state index is -1.41. The van der Waals surface area contributed by atoms with Crippen LogP contribution in [0.25, 0.3) is 0 Å². The molecule has 5 atom stereocenters. The van der Waals surface area contributed by atoms with Crippen LogP contribution in [0.5, 0.6) is 0 Å². The van der Waals surface area contributed by atoms with E-state index in [2.05, 4.69) is 20.5 Å². The number of piperazine rings is 1. The molecule has 9 nitrogen and oxygen atoms in total. The highest BCUT2D eigenvalue weighted by Crippen LogP contribution is 2.31. The highest BCUT2D eigenvalue weighted by atomic mass is 32.2. The van der Waals surface area contributed by atoms with Gasteiger partial charge in [0.2, 0.25) is 11.8 Å². The summed E-state index contributed by atoms with van der Waals surface area (Å²) in [5, 5.41) is 17.0. The summed E-state index contributed by atoms with van der Waals surface area (Å²) in [6, 6.07) is 20.5. The summed E-state index contributed by atoms with van der Waals surface area (Å²) in [6.45, 7) is 8.34. The fourth-order valence-corrected chi connectivity index (χ4v) is 7.74. The molecule has 3 aromatic rings. The molecule has 240 valence electrons. The number of hydrogen-bond donors (Lipinski definition) is 3. The van der Waals surface area contributed by atoms with Crippen molar-refractivity contribution in [2.24, 2.45) is 5.92 Å². The van der Waals surface area contributed by atoms with Gasteiger partial charge in [0.05, 0.1) is 23.9 Å². The minimum absolute atomic E-state index is 0.0946. The summed E-state index contributed by atoms with van der Waals surface area (Å²) in [7, 11) is -1.41. The van der Waals surface area contributed by atoms with Gasteiger partial charge in [0.25, 0.3) is 0 Å². The summed E-state index contributed by atoms with van der Waals surface area (Å²) < 4.78 is 13.8. The standard InChI is InChI=1S/C35H45N5O4S/c1-35(2,3)38-34(43)30-22-39(21-26-12-9-15-36-20-26)16-17-40(30)24-45(44)23-28(18-25-10-5-4-6-11-25)33(42)37-32-29-14-8-7-13-27(29)19-31(32)41/h4-15,20,28,30-32,41H,16-19,21-24H2,1-3H3,(H,37,42)(H,38,43)/t28-,30+,31-,32+,45?/m0/s1. The molecule has 2 amide bonds. The van der Waals surface area contributed by atoms with Crippen LogP contribution in [-0.2, 0) is 39.8 Å². The molecule has 1 aromatic heterocycles. The molecule has 0 saturated carbocycles. The maximum atomic E-state index is 13.8. The number of nitrogens with one attached hydrogen (secondary N) is 2. The van der Waals surface area contributed by atoms with Crippen molar-refractivity contribution < 1.29 is 18.9 Å². The summed E-state index contributed by atoms with van der Waals surface area (Å²) >= 11 is 0. The van der Waals surface area contributed by atoms with E-state index >= 15 is 0 Å². The van der Waals surface area contributed by atoms with Gasteiger partial charge >= 0.3 is 0 Å². The molecule has 0 radical (unpaired) electrons. The second-order valence-electron chi connectivity index (χ2n) is 13.2. The van der Waals surface area contributed by atoms with Gasteiger partial charge in [-0.1, -0.05) is 60.7 Å². The van der Waals surface area contributed by atoms with E-state index < -0.39 is 40.4 Å². The number of nitrogens with zero attached hydrogens (tertiary/aromatic N) is 3. The Hall–Kier alpha value is -3.44. The zero-order chi connectivity index (χ0) is 32.0. The van der Waals surface area contributed by atoms with Crippen LogP contribution in [0.15, 0.2) is 79.1 Å². The molecule has 2 aromatic carbocycles. The molecule has 45 heavy (non-hydrogen) atoms. The summed E-state index contributed by atoms with van der Waals surface area (Å²) in [5.74, 6) is -0.550. The smallest absolute Gasteiger partial charge is 0.239 e. The van der Waals surface area contributed by atoms with E-state index in [0.29, 0.717) is 32.5 Å². The minimum Gasteiger partial charge on any atom is -0.390 e. The highest BCUT2D eigenvalue weighted by molar-refractivity contribution is 7.84. The number of fused-ring (bicyclic) bond motifs is 1. The quantitative estimate of drug-likeness (QED) is 0.298. The lowest BCUT2D eigenvalue weighted by Gasteiger charge is -2.41. The highest BCUT2D eigenvalue weighted by Gasteiger charge is 2.37. The third-order valence-electron chi connectivity index (χ3n) is 8.40. The van der Waals surface area contributed by atoms with E-state index in [9.17, 15) is 18.9 Å². The molecular formula is C35H45N5O4S. The Balaban J connectivity index is 1.29. The van der Waals surface area contributed by atoms with Gasteiger partial charge in [0, 0.05) is 67.1 Å². The second-order valence-corrected chi connectivity index (χ2v) is 14.7. The van der Waals surface area contributed by atoms with Crippen molar-refractivity contribution in [2.45, 2.75) is 63.9 Å². The first-order chi connectivity index (χ1) is 21.6. The predicted molar refractivity (Wildman–Crippen MR) is 176 cm³/mol. The molecule has 2 heterocycles. The molecule has 10 heteroatoms. The maximum Gasteiger partial charge on any atom is 0.239 e. The molecule has 0 bridgehead atoms. The van der Waals surface area contributed by atoms with Gasteiger partial charge in [0.15, 0.2) is 0 Å². The van der Waals surface area contributed by atoms with Crippen LogP contribution < -0.4 is 10.6 Å². The third-order valence-corrected chi connectivity index (χ3v) is 9.79. The van der Waals surface area contributed by atoms with Crippen LogP contribution in [0.1, 0.15) is 49.1 Å². The van der Waals surface area contributed by atoms with Crippen molar-refractivity contribution in [3.05, 3.63) is 101 Å². The monoisotopic (exact) mass is 631 g/mol. The molecule has 1 unspecified atom stereocenters. The van der Waals surface area contributed by atoms with Crippen molar-refractivity contribution >= 4 is 22.6 Å². The first-order valence-corrected chi connectivity index (χ1v) is 17.2. The Morgan fingerprint density at radius 1 is 1.02 bits per heavy atom. The molecule has 1 saturated heterocycles. The Kier molecular flexibility index (Phi) is 10.8. The zero-order valence-electron chi connectivity index (χ0n) is 26.4. The Bertz CT molecular complexity index is 1470. The Morgan fingerprint density at radius 2 is 1.76 bits per heavy atom. The lowest BCUT2D eigenvalue weighted by molar-refractivity contribution is -0.130. The van der Waals surface area contributed by atoms with Crippen LogP contribution in [0.2, 0.25) is 0 Å². The Labute approximate surface area is 268 Å². The maximum absolute atomic E-state index is 13.8. The largest absolute Gasteiger partial charge is 0.390 e. The first kappa shape index (κ1) is 32.9. The van der Waals surface area contributed by atoms with Crippen LogP contribution in [0.4, 0.5) is 0 Å². The number of rotatable bonds is 11. The Morgan fingerprint density at radius 3 is 2.49 bits per heavy atom. The van der Waals surface area contributed by atoms with Gasteiger partial charge in [0.1, 0.15) is 6.04 Å². The van der Waals surface area contributed by atoms with Crippen molar-refractivity contribution in [2.75, 3.05) is 31.3 Å². The molecular weight excluding hydrogens is 586 g/mol. The number of hydrogen-bond acceptors (Lipinski definition) is 7. The number of amides is 2. The fourth-order valence-electron chi connectivity index (χ4n) is 6.23. The van der Waals surface area contributed by atoms with Crippen molar-refractivity contribution in [3.63, 3.8) is 0 Å². The molecule has 0 spiro atoms. The lowest BCUT2D eigenvalue weighted by atomic mass is 9.99. The second kappa shape index (κ2) is 14.8. The van der Waals surface area contributed by atoms with Gasteiger partial charge in [-0.3, -0.25) is 28.6 Å². The summed E-state index contributed by atoms with van der Waals surface area (Å²) in [6.07, 6.45) is 3.79. The van der Waals surface area contributed by atoms with Crippen molar-refractivity contribution in [1.29, 1.82) is 0 Å². The van der Waals surface area contributed by atoms with Crippen LogP contribution in [0, 0.1) is 5.92 Å². The number of carbonyl (C=O) groups is 2. The van der Waals surface area contributed by atoms with Crippen LogP contribution in [0.3, 0.4) is 0 Å². The van der Waals surface area contributed by atoms with Crippen molar-refractivity contribution in [3.8, 4) is 0 Å². The van der Waals surface area contributed by atoms with Gasteiger partial charge in [-0.25, -0.2) is 0 Å². The summed E-state index contributed by atoms with van der Waals surface area (Å²) in [4.78, 5) is 35.8. The number of aromatic nitrogens is 1. The zero-order valence-corrected chi connectivity index (χ0v) is 27.2. The van der Waals surface area contributed by atoms with Gasteiger partial charge in [-0.2, -0.15) is 0 Å². The van der Waals surface area contributed by atoms with E-state index in [1.807, 2.05) is 98.6 Å². The normalized spacial score (nSPS) is 21.9. The SMILES string of the molecule is CC(C)(C)NC(=O)[C@H]1CN(Cc2cccnc2)CCN1CS(=O)C[C@H](Cc1ccccc1)C(=O)N[C@@H]1c2ccccc2C[C@@H]1O. The number of carbonyl (C=O) groups excluding carboxylic acids is 2. The van der Waals surface area contributed by atoms with Gasteiger partial charge < -0.3 is 15.7 Å². The molecule has 1 aliphatic heterocycles. The van der Waals surface area contributed by atoms with E-state index in [1.165, 1.54) is 0 Å². The fraction of sp³-hybridized carbons (Fsp3) is 0.457. The van der Waals surface area contributed by atoms with Crippen molar-refractivity contribution in [1.82, 2.24) is 25.4 Å². The van der Waals surface area contributed by atoms with E-state index in [-0.39, 0.29) is 23.4 Å². The molecule has 2 aliphatic rings. The van der Waals surface area contributed by atoms with Crippen LogP contribution >= 0.6 is 0 Å². The van der Waals surface area contributed by atoms with E-state index in [0.717, 1.165) is 28.8 Å². The average molecular weight is 632 g/mol.